The molecule has 9 nitrogen and oxygen atoms in total. The third-order valence-corrected chi connectivity index (χ3v) is 7.16. The largest absolute Gasteiger partial charge is 0.496 e. The summed E-state index contributed by atoms with van der Waals surface area (Å²) in [7, 11) is 4.93. The number of hydrogen-bond acceptors (Lipinski definition) is 7. The van der Waals surface area contributed by atoms with Crippen molar-refractivity contribution in [1.29, 1.82) is 0 Å². The van der Waals surface area contributed by atoms with Crippen LogP contribution in [0.4, 0.5) is 23.8 Å². The maximum Gasteiger partial charge on any atom is 0.416 e. The lowest BCUT2D eigenvalue weighted by molar-refractivity contribution is -0.145. The summed E-state index contributed by atoms with van der Waals surface area (Å²) < 4.78 is 51.6. The van der Waals surface area contributed by atoms with E-state index in [1.54, 1.807) is 51.2 Å². The Bertz CT molecular complexity index is 1250. The van der Waals surface area contributed by atoms with Gasteiger partial charge in [-0.3, -0.25) is 4.90 Å². The van der Waals surface area contributed by atoms with E-state index in [0.717, 1.165) is 12.1 Å². The molecule has 3 rings (SSSR count). The van der Waals surface area contributed by atoms with Crippen LogP contribution in [-0.2, 0) is 22.3 Å². The van der Waals surface area contributed by atoms with Crippen LogP contribution in [0, 0.1) is 11.3 Å². The van der Waals surface area contributed by atoms with Crippen LogP contribution in [0.5, 0.6) is 5.75 Å². The van der Waals surface area contributed by atoms with Gasteiger partial charge in [-0.05, 0) is 43.5 Å². The van der Waals surface area contributed by atoms with E-state index in [1.165, 1.54) is 18.1 Å². The summed E-state index contributed by atoms with van der Waals surface area (Å²) in [5.74, 6) is -1.14. The molecule has 0 aliphatic carbocycles. The van der Waals surface area contributed by atoms with E-state index in [9.17, 15) is 27.9 Å². The number of halogens is 3. The van der Waals surface area contributed by atoms with Gasteiger partial charge in [0.15, 0.2) is 0 Å². The molecule has 0 radical (unpaired) electrons. The highest BCUT2D eigenvalue weighted by Crippen LogP contribution is 2.50. The number of methoxy groups -OCH3 is 1. The number of aromatic nitrogens is 1. The zero-order valence-electron chi connectivity index (χ0n) is 24.6. The smallest absolute Gasteiger partial charge is 0.416 e. The van der Waals surface area contributed by atoms with Gasteiger partial charge in [0.1, 0.15) is 17.6 Å². The van der Waals surface area contributed by atoms with Crippen molar-refractivity contribution in [1.82, 2.24) is 15.2 Å². The molecule has 2 aromatic rings. The minimum atomic E-state index is -4.56. The number of likely N-dealkylation sites (tertiary alicyclic amines) is 1. The molecule has 4 unspecified atom stereocenters. The van der Waals surface area contributed by atoms with E-state index < -0.39 is 59.4 Å². The predicted molar refractivity (Wildman–Crippen MR) is 148 cm³/mol. The number of benzene rings is 1. The maximum absolute atomic E-state index is 13.6. The molecule has 2 heterocycles. The second-order valence-corrected chi connectivity index (χ2v) is 11.7. The average Bonchev–Trinajstić information content (AvgIpc) is 3.22. The van der Waals surface area contributed by atoms with Gasteiger partial charge >= 0.3 is 18.2 Å². The predicted octanol–water partition coefficient (Wildman–Crippen LogP) is 5.35. The van der Waals surface area contributed by atoms with Crippen molar-refractivity contribution in [3.8, 4) is 5.75 Å². The van der Waals surface area contributed by atoms with E-state index in [0.29, 0.717) is 11.4 Å². The van der Waals surface area contributed by atoms with Crippen molar-refractivity contribution >= 4 is 17.9 Å². The van der Waals surface area contributed by atoms with Crippen LogP contribution < -0.4 is 15.0 Å². The lowest BCUT2D eigenvalue weighted by atomic mass is 9.72. The van der Waals surface area contributed by atoms with Gasteiger partial charge in [-0.25, -0.2) is 14.6 Å². The summed E-state index contributed by atoms with van der Waals surface area (Å²) in [6, 6.07) is 3.77. The van der Waals surface area contributed by atoms with Crippen LogP contribution in [0.15, 0.2) is 36.5 Å². The lowest BCUT2D eigenvalue weighted by Crippen LogP contribution is -2.48. The molecule has 1 fully saturated rings. The average molecular weight is 581 g/mol. The molecule has 4 atom stereocenters. The standard InChI is InChI=1S/C29H39F3N4O5/c1-16(2)41-27(39)36-23(19-10-9-13-33-25(19)35(6)7)22(21(28(3,4)5)24(36)26(37)38)34-15-17-14-18(29(30,31)32)11-12-20(17)40-8/h9-14,16,21-24,34H,15H2,1-8H3,(H,37,38). The number of carboxylic acids is 1. The molecule has 2 N–H and O–H groups in total. The number of amides is 1. The normalized spacial score (nSPS) is 21.2. The number of carbonyl (C=O) groups excluding carboxylic acids is 1. The highest BCUT2D eigenvalue weighted by Gasteiger charge is 2.59. The van der Waals surface area contributed by atoms with Crippen LogP contribution in [0.3, 0.4) is 0 Å². The highest BCUT2D eigenvalue weighted by atomic mass is 19.4. The fraction of sp³-hybridized carbons (Fsp3) is 0.552. The monoisotopic (exact) mass is 580 g/mol. The van der Waals surface area contributed by atoms with Crippen molar-refractivity contribution in [3.05, 3.63) is 53.2 Å². The molecular formula is C29H39F3N4O5. The Morgan fingerprint density at radius 2 is 1.83 bits per heavy atom. The quantitative estimate of drug-likeness (QED) is 0.431. The van der Waals surface area contributed by atoms with Crippen LogP contribution in [0.25, 0.3) is 0 Å². The number of hydrogen-bond donors (Lipinski definition) is 2. The summed E-state index contributed by atoms with van der Waals surface area (Å²) in [6.07, 6.45) is -4.29. The van der Waals surface area contributed by atoms with Gasteiger partial charge in [0.25, 0.3) is 0 Å². The summed E-state index contributed by atoms with van der Waals surface area (Å²) in [5.41, 5.74) is -0.685. The van der Waals surface area contributed by atoms with Crippen molar-refractivity contribution in [2.45, 2.75) is 71.6 Å². The van der Waals surface area contributed by atoms with E-state index in [-0.39, 0.29) is 17.9 Å². The number of aliphatic carboxylic acids is 1. The second kappa shape index (κ2) is 12.1. The number of ether oxygens (including phenoxy) is 2. The van der Waals surface area contributed by atoms with E-state index >= 15 is 0 Å². The first-order valence-electron chi connectivity index (χ1n) is 13.3. The molecule has 1 saturated heterocycles. The lowest BCUT2D eigenvalue weighted by Gasteiger charge is -2.35. The molecular weight excluding hydrogens is 541 g/mol. The second-order valence-electron chi connectivity index (χ2n) is 11.7. The number of pyridine rings is 1. The zero-order chi connectivity index (χ0) is 30.9. The van der Waals surface area contributed by atoms with E-state index in [2.05, 4.69) is 10.3 Å². The molecule has 1 aliphatic rings. The van der Waals surface area contributed by atoms with Gasteiger partial charge in [0.05, 0.1) is 24.8 Å². The van der Waals surface area contributed by atoms with E-state index in [1.807, 2.05) is 20.8 Å². The zero-order valence-corrected chi connectivity index (χ0v) is 24.6. The Labute approximate surface area is 238 Å². The van der Waals surface area contributed by atoms with Gasteiger partial charge in [-0.15, -0.1) is 0 Å². The first-order valence-corrected chi connectivity index (χ1v) is 13.3. The number of nitrogens with one attached hydrogen (secondary N) is 1. The van der Waals surface area contributed by atoms with Crippen LogP contribution >= 0.6 is 0 Å². The van der Waals surface area contributed by atoms with Crippen molar-refractivity contribution in [3.63, 3.8) is 0 Å². The number of alkyl halides is 3. The molecule has 1 amide bonds. The van der Waals surface area contributed by atoms with Gasteiger partial charge < -0.3 is 24.8 Å². The van der Waals surface area contributed by atoms with E-state index in [4.69, 9.17) is 9.47 Å². The van der Waals surface area contributed by atoms with Crippen molar-refractivity contribution in [2.75, 3.05) is 26.1 Å². The fourth-order valence-corrected chi connectivity index (χ4v) is 5.60. The fourth-order valence-electron chi connectivity index (χ4n) is 5.60. The van der Waals surface area contributed by atoms with Gasteiger partial charge in [-0.1, -0.05) is 26.8 Å². The Morgan fingerprint density at radius 1 is 1.17 bits per heavy atom. The molecule has 1 aromatic heterocycles. The number of carbonyl (C=O) groups is 2. The first-order chi connectivity index (χ1) is 19.0. The molecule has 1 aliphatic heterocycles. The minimum absolute atomic E-state index is 0.0855. The molecule has 41 heavy (non-hydrogen) atoms. The minimum Gasteiger partial charge on any atom is -0.496 e. The SMILES string of the molecule is COc1ccc(C(F)(F)F)cc1CNC1C(c2cccnc2N(C)C)N(C(=O)OC(C)C)C(C(=O)O)C1C(C)(C)C. The van der Waals surface area contributed by atoms with Crippen LogP contribution in [-0.4, -0.2) is 66.4 Å². The molecule has 0 saturated carbocycles. The molecule has 1 aromatic carbocycles. The Morgan fingerprint density at radius 3 is 2.34 bits per heavy atom. The maximum atomic E-state index is 13.6. The summed E-state index contributed by atoms with van der Waals surface area (Å²) in [6.45, 7) is 8.88. The molecule has 0 spiro atoms. The first kappa shape index (κ1) is 32.0. The van der Waals surface area contributed by atoms with Crippen molar-refractivity contribution in [2.24, 2.45) is 11.3 Å². The van der Waals surface area contributed by atoms with Crippen LogP contribution in [0.2, 0.25) is 0 Å². The number of nitrogens with zero attached hydrogens (tertiary/aromatic N) is 3. The van der Waals surface area contributed by atoms with Gasteiger partial charge in [0.2, 0.25) is 0 Å². The Balaban J connectivity index is 2.24. The number of carboxylic acid groups (broad SMARTS) is 1. The third kappa shape index (κ3) is 6.86. The van der Waals surface area contributed by atoms with Gasteiger partial charge in [0, 0.05) is 49.9 Å². The number of anilines is 1. The molecule has 12 heteroatoms. The Kier molecular flexibility index (Phi) is 9.47. The topological polar surface area (TPSA) is 104 Å². The summed E-state index contributed by atoms with van der Waals surface area (Å²) in [4.78, 5) is 34.0. The van der Waals surface area contributed by atoms with Crippen molar-refractivity contribution < 1.29 is 37.3 Å². The van der Waals surface area contributed by atoms with Crippen LogP contribution in [0.1, 0.15) is 57.4 Å². The Hall–Kier alpha value is -3.54. The molecule has 226 valence electrons. The third-order valence-electron chi connectivity index (χ3n) is 7.16. The number of rotatable bonds is 8. The molecule has 0 bridgehead atoms. The van der Waals surface area contributed by atoms with Gasteiger partial charge in [-0.2, -0.15) is 13.2 Å². The highest BCUT2D eigenvalue weighted by molar-refractivity contribution is 5.82. The summed E-state index contributed by atoms with van der Waals surface area (Å²) >= 11 is 0. The summed E-state index contributed by atoms with van der Waals surface area (Å²) in [5, 5.41) is 13.8.